The van der Waals surface area contributed by atoms with Crippen LogP contribution in [-0.4, -0.2) is 35.3 Å². The summed E-state index contributed by atoms with van der Waals surface area (Å²) in [5, 5.41) is 9.91. The van der Waals surface area contributed by atoms with Crippen molar-refractivity contribution in [3.8, 4) is 17.5 Å². The maximum Gasteiger partial charge on any atom is 0.362 e. The molecule has 42 heavy (non-hydrogen) atoms. The summed E-state index contributed by atoms with van der Waals surface area (Å²) in [5.74, 6) is 3.31. The molecule has 6 rings (SSSR count). The van der Waals surface area contributed by atoms with E-state index in [9.17, 15) is 18.4 Å². The highest BCUT2D eigenvalue weighted by Crippen LogP contribution is 2.22. The molecule has 2 aromatic carbocycles. The topological polar surface area (TPSA) is 141 Å². The largest absolute Gasteiger partial charge is 0.382 e. The van der Waals surface area contributed by atoms with Crippen LogP contribution in [0.4, 0.5) is 14.6 Å². The zero-order valence-corrected chi connectivity index (χ0v) is 22.3. The number of carbonyl (C=O) groups is 1. The Morgan fingerprint density at radius 3 is 2.76 bits per heavy atom. The van der Waals surface area contributed by atoms with E-state index < -0.39 is 29.1 Å². The van der Waals surface area contributed by atoms with Gasteiger partial charge in [0.1, 0.15) is 18.2 Å². The zero-order chi connectivity index (χ0) is 29.5. The Balaban J connectivity index is 1.50. The molecule has 4 heterocycles. The predicted molar refractivity (Wildman–Crippen MR) is 148 cm³/mol. The van der Waals surface area contributed by atoms with Crippen LogP contribution in [0.15, 0.2) is 72.0 Å². The number of aromatic amines is 1. The van der Waals surface area contributed by atoms with E-state index in [2.05, 4.69) is 32.3 Å². The summed E-state index contributed by atoms with van der Waals surface area (Å²) in [6.07, 6.45) is 6.49. The van der Waals surface area contributed by atoms with E-state index in [0.717, 1.165) is 16.7 Å². The fourth-order valence-corrected chi connectivity index (χ4v) is 4.65. The molecule has 0 spiro atoms. The zero-order valence-electron chi connectivity index (χ0n) is 22.3. The number of hydrogen-bond acceptors (Lipinski definition) is 6. The highest BCUT2D eigenvalue weighted by molar-refractivity contribution is 6.03. The number of nitrogen functional groups attached to an aromatic ring is 1. The van der Waals surface area contributed by atoms with Crippen molar-refractivity contribution in [3.05, 3.63) is 112 Å². The Labute approximate surface area is 236 Å². The number of anilines is 1. The average Bonchev–Trinajstić information content (AvgIpc) is 3.54. The number of rotatable bonds is 4. The van der Waals surface area contributed by atoms with Gasteiger partial charge in [-0.05, 0) is 36.2 Å². The van der Waals surface area contributed by atoms with Gasteiger partial charge in [-0.15, -0.1) is 4.52 Å². The van der Waals surface area contributed by atoms with Crippen LogP contribution in [-0.2, 0) is 7.05 Å². The molecule has 0 aliphatic rings. The molecule has 0 saturated heterocycles. The van der Waals surface area contributed by atoms with E-state index in [1.54, 1.807) is 61.5 Å². The van der Waals surface area contributed by atoms with Gasteiger partial charge in [0.2, 0.25) is 0 Å². The van der Waals surface area contributed by atoms with E-state index in [1.165, 1.54) is 16.8 Å². The molecule has 0 fully saturated rings. The van der Waals surface area contributed by atoms with Crippen molar-refractivity contribution in [2.75, 3.05) is 5.73 Å². The molecule has 0 radical (unpaired) electrons. The van der Waals surface area contributed by atoms with Gasteiger partial charge in [0.05, 0.1) is 34.4 Å². The van der Waals surface area contributed by atoms with Crippen LogP contribution < -0.4 is 21.1 Å². The molecule has 0 aliphatic carbocycles. The van der Waals surface area contributed by atoms with Gasteiger partial charge in [-0.1, -0.05) is 17.9 Å². The van der Waals surface area contributed by atoms with Gasteiger partial charge in [-0.25, -0.2) is 18.9 Å². The van der Waals surface area contributed by atoms with Crippen molar-refractivity contribution in [3.63, 3.8) is 0 Å². The molecule has 13 heteroatoms. The maximum absolute atomic E-state index is 14.4. The van der Waals surface area contributed by atoms with Gasteiger partial charge < -0.3 is 11.1 Å². The highest BCUT2D eigenvalue weighted by atomic mass is 19.2. The number of benzene rings is 2. The number of aryl methyl sites for hydroxylation is 1. The highest BCUT2D eigenvalue weighted by Gasteiger charge is 2.28. The molecule has 11 nitrogen and oxygen atoms in total. The molecular weight excluding hydrogens is 544 g/mol. The number of hydrogen-bond donors (Lipinski definition) is 3. The van der Waals surface area contributed by atoms with Crippen molar-refractivity contribution < 1.29 is 18.1 Å². The number of aromatic nitrogens is 7. The average molecular weight is 567 g/mol. The quantitative estimate of drug-likeness (QED) is 0.221. The van der Waals surface area contributed by atoms with Gasteiger partial charge in [-0.2, -0.15) is 5.10 Å². The molecule has 0 saturated carbocycles. The number of carbonyl (C=O) groups excluding carboxylic acids is 1. The van der Waals surface area contributed by atoms with E-state index in [0.29, 0.717) is 22.3 Å². The van der Waals surface area contributed by atoms with Gasteiger partial charge in [0, 0.05) is 30.9 Å². The third kappa shape index (κ3) is 4.60. The monoisotopic (exact) mass is 566 g/mol. The fourth-order valence-electron chi connectivity index (χ4n) is 4.65. The van der Waals surface area contributed by atoms with E-state index >= 15 is 0 Å². The lowest BCUT2D eigenvalue weighted by molar-refractivity contribution is -0.577. The van der Waals surface area contributed by atoms with Gasteiger partial charge in [0.25, 0.3) is 11.5 Å². The Bertz CT molecular complexity index is 2150. The summed E-state index contributed by atoms with van der Waals surface area (Å²) in [7, 11) is 1.76. The molecule has 0 aliphatic heterocycles. The summed E-state index contributed by atoms with van der Waals surface area (Å²) in [6.45, 7) is 1.61. The number of nitrogens with one attached hydrogen (secondary N) is 2. The maximum atomic E-state index is 14.4. The smallest absolute Gasteiger partial charge is 0.362 e. The van der Waals surface area contributed by atoms with Crippen LogP contribution in [0.3, 0.4) is 0 Å². The molecule has 6 aromatic rings. The third-order valence-electron chi connectivity index (χ3n) is 6.57. The van der Waals surface area contributed by atoms with E-state index in [4.69, 9.17) is 10.7 Å². The molecule has 1 atom stereocenters. The first-order valence-electron chi connectivity index (χ1n) is 12.7. The first kappa shape index (κ1) is 26.3. The molecule has 0 bridgehead atoms. The number of nitrogens with zero attached hydrogens (tertiary/aromatic N) is 6. The molecule has 1 amide bonds. The number of H-pyrrole nitrogens is 1. The molecule has 208 valence electrons. The lowest BCUT2D eigenvalue weighted by atomic mass is 10.1. The number of halogens is 2. The summed E-state index contributed by atoms with van der Waals surface area (Å²) >= 11 is 0. The first-order chi connectivity index (χ1) is 20.2. The summed E-state index contributed by atoms with van der Waals surface area (Å²) < 4.78 is 32.5. The lowest BCUT2D eigenvalue weighted by Crippen LogP contribution is -2.34. The molecule has 4 aromatic heterocycles. The van der Waals surface area contributed by atoms with Gasteiger partial charge in [-0.3, -0.25) is 18.8 Å². The first-order valence-corrected chi connectivity index (χ1v) is 12.7. The second-order valence-corrected chi connectivity index (χ2v) is 9.47. The lowest BCUT2D eigenvalue weighted by Gasteiger charge is -2.20. The third-order valence-corrected chi connectivity index (χ3v) is 6.57. The Kier molecular flexibility index (Phi) is 6.43. The fraction of sp³-hybridized carbons (Fsp3) is 0.103. The Morgan fingerprint density at radius 1 is 1.17 bits per heavy atom. The van der Waals surface area contributed by atoms with Crippen LogP contribution in [0, 0.1) is 23.5 Å². The van der Waals surface area contributed by atoms with Gasteiger partial charge in [0.15, 0.2) is 23.0 Å². The summed E-state index contributed by atoms with van der Waals surface area (Å²) in [6, 6.07) is 8.84. The molecule has 4 N–H and O–H groups in total. The van der Waals surface area contributed by atoms with Crippen LogP contribution in [0.2, 0.25) is 0 Å². The van der Waals surface area contributed by atoms with Gasteiger partial charge >= 0.3 is 5.65 Å². The number of amides is 1. The minimum Gasteiger partial charge on any atom is -0.382 e. The predicted octanol–water partition coefficient (Wildman–Crippen LogP) is 2.33. The summed E-state index contributed by atoms with van der Waals surface area (Å²) in [5.41, 5.74) is 7.21. The SMILES string of the molecule is CC(NC(=O)c1c(N)[nH][n+]2cccnc12)c1nc2cccc(C#Cc3cnn(C)c3)c2c(=O)n1-c1ccc(F)c(F)c1. The normalized spacial score (nSPS) is 11.8. The summed E-state index contributed by atoms with van der Waals surface area (Å²) in [4.78, 5) is 36.4. The standard InChI is InChI=1S/C29H21F2N9O2/c1-16(35-28(41)24-25(32)37-39-12-4-11-33-27(24)39)26-36-22-6-3-5-18(8-7-17-14-34-38(2)15-17)23(22)29(42)40(26)19-9-10-20(30)21(31)13-19/h3-6,9-16H,1-2H3,(H3,32,35,37,41)/p+1. The van der Waals surface area contributed by atoms with Crippen LogP contribution in [0.25, 0.3) is 22.2 Å². The van der Waals surface area contributed by atoms with Crippen LogP contribution in [0.1, 0.15) is 40.3 Å². The Hall–Kier alpha value is -5.90. The molecule has 1 unspecified atom stereocenters. The van der Waals surface area contributed by atoms with E-state index in [-0.39, 0.29) is 28.3 Å². The number of nitrogens with two attached hydrogens (primary N) is 1. The minimum atomic E-state index is -1.15. The second kappa shape index (κ2) is 10.3. The molecular formula is C29H22F2N9O2+. The van der Waals surface area contributed by atoms with Crippen LogP contribution in [0.5, 0.6) is 0 Å². The van der Waals surface area contributed by atoms with Crippen molar-refractivity contribution in [2.24, 2.45) is 7.05 Å². The second-order valence-electron chi connectivity index (χ2n) is 9.47. The Morgan fingerprint density at radius 2 is 2.00 bits per heavy atom. The van der Waals surface area contributed by atoms with Crippen molar-refractivity contribution >= 4 is 28.3 Å². The van der Waals surface area contributed by atoms with Crippen molar-refractivity contribution in [1.82, 2.24) is 34.7 Å². The van der Waals surface area contributed by atoms with Crippen molar-refractivity contribution in [2.45, 2.75) is 13.0 Å². The number of fused-ring (bicyclic) bond motifs is 2. The minimum absolute atomic E-state index is 0.0169. The van der Waals surface area contributed by atoms with E-state index in [1.807, 2.05) is 0 Å². The van der Waals surface area contributed by atoms with Crippen LogP contribution >= 0.6 is 0 Å². The van der Waals surface area contributed by atoms with Crippen molar-refractivity contribution in [1.29, 1.82) is 0 Å².